The van der Waals surface area contributed by atoms with E-state index in [1.165, 1.54) is 29.8 Å². The molecular formula is C25H22FN7O4S. The number of aromatic nitrogens is 6. The number of nitrogens with one attached hydrogen (secondary N) is 1. The van der Waals surface area contributed by atoms with E-state index in [2.05, 4.69) is 35.2 Å². The molecule has 5 rings (SSSR count). The number of anilines is 1. The molecule has 0 atom stereocenters. The Morgan fingerprint density at radius 1 is 0.974 bits per heavy atom. The summed E-state index contributed by atoms with van der Waals surface area (Å²) in [6.45, 7) is 5.83. The summed E-state index contributed by atoms with van der Waals surface area (Å²) in [5, 5.41) is 3.11. The summed E-state index contributed by atoms with van der Waals surface area (Å²) >= 11 is 1.28. The minimum absolute atomic E-state index is 0.0980. The molecule has 0 unspecified atom stereocenters. The van der Waals surface area contributed by atoms with Crippen LogP contribution in [0.2, 0.25) is 0 Å². The smallest absolute Gasteiger partial charge is 0.411 e. The summed E-state index contributed by atoms with van der Waals surface area (Å²) in [5.74, 6) is 0.135. The number of ether oxygens (including phenoxy) is 3. The Labute approximate surface area is 220 Å². The third-order valence-corrected chi connectivity index (χ3v) is 6.18. The van der Waals surface area contributed by atoms with Crippen molar-refractivity contribution in [2.24, 2.45) is 0 Å². The zero-order chi connectivity index (χ0) is 26.6. The van der Waals surface area contributed by atoms with Crippen molar-refractivity contribution in [2.45, 2.75) is 20.8 Å². The summed E-state index contributed by atoms with van der Waals surface area (Å²) in [6.07, 6.45) is 3.78. The zero-order valence-electron chi connectivity index (χ0n) is 20.7. The van der Waals surface area contributed by atoms with E-state index in [4.69, 9.17) is 14.2 Å². The first-order valence-electron chi connectivity index (χ1n) is 11.6. The summed E-state index contributed by atoms with van der Waals surface area (Å²) in [4.78, 5) is 38.3. The van der Waals surface area contributed by atoms with Crippen molar-refractivity contribution in [3.63, 3.8) is 0 Å². The van der Waals surface area contributed by atoms with Gasteiger partial charge in [-0.3, -0.25) is 5.32 Å². The fourth-order valence-corrected chi connectivity index (χ4v) is 4.48. The van der Waals surface area contributed by atoms with E-state index in [-0.39, 0.29) is 19.1 Å². The number of carbonyl (C=O) groups excluding carboxylic acids is 1. The lowest BCUT2D eigenvalue weighted by molar-refractivity contribution is 0.135. The Kier molecular flexibility index (Phi) is 7.18. The number of amides is 1. The quantitative estimate of drug-likeness (QED) is 0.274. The number of nitrogens with zero attached hydrogens (tertiary/aromatic N) is 6. The third kappa shape index (κ3) is 5.57. The maximum absolute atomic E-state index is 14.7. The van der Waals surface area contributed by atoms with Crippen LogP contribution in [0.1, 0.15) is 18.3 Å². The molecule has 13 heteroatoms. The second kappa shape index (κ2) is 10.8. The Morgan fingerprint density at radius 2 is 1.79 bits per heavy atom. The van der Waals surface area contributed by atoms with Crippen LogP contribution in [0, 0.1) is 19.7 Å². The van der Waals surface area contributed by atoms with E-state index in [1.807, 2.05) is 26.0 Å². The number of aryl methyl sites for hydroxylation is 2. The number of halogens is 1. The van der Waals surface area contributed by atoms with Crippen molar-refractivity contribution >= 4 is 44.5 Å². The van der Waals surface area contributed by atoms with Crippen LogP contribution < -0.4 is 14.8 Å². The maximum atomic E-state index is 14.7. The van der Waals surface area contributed by atoms with Gasteiger partial charge in [-0.15, -0.1) is 0 Å². The van der Waals surface area contributed by atoms with E-state index >= 15 is 0 Å². The molecule has 0 saturated heterocycles. The first kappa shape index (κ1) is 25.1. The van der Waals surface area contributed by atoms with Crippen molar-refractivity contribution in [1.82, 2.24) is 29.9 Å². The standard InChI is InChI=1S/C25H22FN7O4S/c1-4-35-20-12-29-21-16(7-13(2)8-18(21)31-20)23-32-19-9-17(26)22(33-24(19)38-23)36-5-6-37-25(34)30-15-10-27-14(3)28-11-15/h7-12H,4-6H2,1-3H3,(H,30,34). The fourth-order valence-electron chi connectivity index (χ4n) is 3.55. The summed E-state index contributed by atoms with van der Waals surface area (Å²) < 4.78 is 30.6. The topological polar surface area (TPSA) is 134 Å². The number of benzene rings is 1. The maximum Gasteiger partial charge on any atom is 0.411 e. The second-order valence-corrected chi connectivity index (χ2v) is 9.05. The van der Waals surface area contributed by atoms with Crippen LogP contribution >= 0.6 is 11.3 Å². The van der Waals surface area contributed by atoms with Crippen molar-refractivity contribution < 1.29 is 23.4 Å². The predicted molar refractivity (Wildman–Crippen MR) is 139 cm³/mol. The molecule has 0 radical (unpaired) electrons. The highest BCUT2D eigenvalue weighted by Crippen LogP contribution is 2.35. The lowest BCUT2D eigenvalue weighted by atomic mass is 10.1. The van der Waals surface area contributed by atoms with E-state index in [1.54, 1.807) is 13.1 Å². The molecule has 1 amide bonds. The molecule has 0 spiro atoms. The fraction of sp³-hybridized carbons (Fsp3) is 0.240. The van der Waals surface area contributed by atoms with Crippen molar-refractivity contribution in [2.75, 3.05) is 25.1 Å². The molecule has 5 aromatic rings. The van der Waals surface area contributed by atoms with Crippen LogP contribution in [0.3, 0.4) is 0 Å². The molecule has 4 aromatic heterocycles. The highest BCUT2D eigenvalue weighted by Gasteiger charge is 2.17. The zero-order valence-corrected chi connectivity index (χ0v) is 21.5. The highest BCUT2D eigenvalue weighted by atomic mass is 32.1. The van der Waals surface area contributed by atoms with Gasteiger partial charge in [0.2, 0.25) is 5.88 Å². The molecule has 0 aliphatic carbocycles. The predicted octanol–water partition coefficient (Wildman–Crippen LogP) is 4.87. The second-order valence-electron chi connectivity index (χ2n) is 8.07. The molecule has 0 aliphatic heterocycles. The van der Waals surface area contributed by atoms with Gasteiger partial charge in [0.1, 0.15) is 34.4 Å². The molecule has 1 N–H and O–H groups in total. The summed E-state index contributed by atoms with van der Waals surface area (Å²) in [7, 11) is 0. The largest absolute Gasteiger partial charge is 0.477 e. The lowest BCUT2D eigenvalue weighted by Crippen LogP contribution is -2.18. The molecule has 1 aromatic carbocycles. The van der Waals surface area contributed by atoms with Crippen molar-refractivity contribution in [3.05, 3.63) is 54.0 Å². The first-order valence-corrected chi connectivity index (χ1v) is 12.4. The molecule has 0 aliphatic rings. The van der Waals surface area contributed by atoms with Crippen LogP contribution in [0.15, 0.2) is 36.8 Å². The van der Waals surface area contributed by atoms with Crippen LogP contribution in [-0.2, 0) is 4.74 Å². The van der Waals surface area contributed by atoms with Gasteiger partial charge < -0.3 is 14.2 Å². The van der Waals surface area contributed by atoms with E-state index in [9.17, 15) is 9.18 Å². The van der Waals surface area contributed by atoms with Gasteiger partial charge in [-0.05, 0) is 38.5 Å². The van der Waals surface area contributed by atoms with Crippen LogP contribution in [0.4, 0.5) is 14.9 Å². The van der Waals surface area contributed by atoms with Crippen LogP contribution in [-0.4, -0.2) is 55.8 Å². The average molecular weight is 536 g/mol. The molecule has 194 valence electrons. The third-order valence-electron chi connectivity index (χ3n) is 5.18. The van der Waals surface area contributed by atoms with Gasteiger partial charge in [0.15, 0.2) is 5.82 Å². The van der Waals surface area contributed by atoms with Crippen LogP contribution in [0.25, 0.3) is 32.0 Å². The Morgan fingerprint density at radius 3 is 2.58 bits per heavy atom. The Bertz CT molecular complexity index is 1630. The molecule has 11 nitrogen and oxygen atoms in total. The molecule has 4 heterocycles. The minimum Gasteiger partial charge on any atom is -0.477 e. The number of fused-ring (bicyclic) bond motifs is 2. The molecule has 0 bridgehead atoms. The molecule has 0 saturated carbocycles. The van der Waals surface area contributed by atoms with Crippen molar-refractivity contribution in [1.29, 1.82) is 0 Å². The lowest BCUT2D eigenvalue weighted by Gasteiger charge is -2.08. The number of hydrogen-bond acceptors (Lipinski definition) is 11. The van der Waals surface area contributed by atoms with Crippen LogP contribution in [0.5, 0.6) is 11.8 Å². The molecular weight excluding hydrogens is 513 g/mol. The molecule has 0 fully saturated rings. The number of carbonyl (C=O) groups is 1. The van der Waals surface area contributed by atoms with Gasteiger partial charge >= 0.3 is 6.09 Å². The van der Waals surface area contributed by atoms with Gasteiger partial charge in [0.05, 0.1) is 41.9 Å². The first-order chi connectivity index (χ1) is 18.4. The normalized spacial score (nSPS) is 11.1. The number of pyridine rings is 1. The van der Waals surface area contributed by atoms with Gasteiger partial charge in [-0.25, -0.2) is 34.1 Å². The van der Waals surface area contributed by atoms with Gasteiger partial charge in [-0.2, -0.15) is 4.98 Å². The van der Waals surface area contributed by atoms with E-state index in [0.29, 0.717) is 50.4 Å². The highest BCUT2D eigenvalue weighted by molar-refractivity contribution is 7.21. The summed E-state index contributed by atoms with van der Waals surface area (Å²) in [5.41, 5.74) is 3.84. The van der Waals surface area contributed by atoms with Gasteiger partial charge in [-0.1, -0.05) is 11.3 Å². The van der Waals surface area contributed by atoms with Crippen molar-refractivity contribution in [3.8, 4) is 22.3 Å². The van der Waals surface area contributed by atoms with Gasteiger partial charge in [0, 0.05) is 11.6 Å². The van der Waals surface area contributed by atoms with E-state index in [0.717, 1.165) is 11.1 Å². The SMILES string of the molecule is CCOc1cnc2c(-c3nc4cc(F)c(OCCOC(=O)Nc5cnc(C)nc5)nc4s3)cc(C)cc2n1. The Hall–Kier alpha value is -4.52. The number of hydrogen-bond donors (Lipinski definition) is 1. The van der Waals surface area contributed by atoms with E-state index < -0.39 is 11.9 Å². The monoisotopic (exact) mass is 535 g/mol. The minimum atomic E-state index is -0.709. The summed E-state index contributed by atoms with van der Waals surface area (Å²) in [6, 6.07) is 5.13. The number of thiazole rings is 1. The Balaban J connectivity index is 1.29. The molecule has 38 heavy (non-hydrogen) atoms. The number of rotatable bonds is 8. The van der Waals surface area contributed by atoms with Gasteiger partial charge in [0.25, 0.3) is 5.88 Å². The average Bonchev–Trinajstić information content (AvgIpc) is 3.30.